The summed E-state index contributed by atoms with van der Waals surface area (Å²) in [6, 6.07) is 5.23. The number of rotatable bonds is 0. The van der Waals surface area contributed by atoms with E-state index >= 15 is 0 Å². The van der Waals surface area contributed by atoms with Gasteiger partial charge in [-0.25, -0.2) is 0 Å². The third kappa shape index (κ3) is 1.49. The Kier molecular flexibility index (Phi) is 2.22. The molecule has 15 heavy (non-hydrogen) atoms. The number of hydrogen-bond donors (Lipinski definition) is 1. The molecule has 0 radical (unpaired) electrons. The fraction of sp³-hybridized carbons (Fsp3) is 0.0909. The van der Waals surface area contributed by atoms with Crippen molar-refractivity contribution in [1.29, 1.82) is 5.26 Å². The van der Waals surface area contributed by atoms with E-state index in [9.17, 15) is 4.79 Å². The third-order valence-electron chi connectivity index (χ3n) is 2.28. The summed E-state index contributed by atoms with van der Waals surface area (Å²) >= 11 is 5.93. The number of nitrogens with one attached hydrogen (secondary N) is 1. The maximum Gasteiger partial charge on any atom is 0.207 e. The number of aromatic nitrogens is 1. The van der Waals surface area contributed by atoms with Crippen LogP contribution in [0, 0.1) is 18.3 Å². The summed E-state index contributed by atoms with van der Waals surface area (Å²) in [5, 5.41) is 9.80. The van der Waals surface area contributed by atoms with Crippen molar-refractivity contribution in [3.63, 3.8) is 0 Å². The number of aromatic amines is 1. The van der Waals surface area contributed by atoms with Crippen LogP contribution in [0.25, 0.3) is 10.9 Å². The predicted molar refractivity (Wildman–Crippen MR) is 59.0 cm³/mol. The number of fused-ring (bicyclic) bond motifs is 1. The molecule has 0 unspecified atom stereocenters. The second-order valence-corrected chi connectivity index (χ2v) is 3.70. The SMILES string of the molecule is Cc1cc2c(=O)c(C#N)c[nH]c2cc1Cl. The van der Waals surface area contributed by atoms with E-state index in [1.165, 1.54) is 6.20 Å². The molecular formula is C11H7ClN2O. The molecule has 1 aromatic carbocycles. The maximum absolute atomic E-state index is 11.7. The van der Waals surface area contributed by atoms with Crippen LogP contribution in [-0.4, -0.2) is 4.98 Å². The molecule has 0 spiro atoms. The minimum atomic E-state index is -0.258. The van der Waals surface area contributed by atoms with Crippen molar-refractivity contribution in [3.8, 4) is 6.07 Å². The van der Waals surface area contributed by atoms with Gasteiger partial charge in [-0.05, 0) is 24.6 Å². The second kappa shape index (κ2) is 3.41. The summed E-state index contributed by atoms with van der Waals surface area (Å²) in [5.41, 5.74) is 1.33. The Balaban J connectivity index is 2.96. The molecule has 0 aliphatic carbocycles. The zero-order chi connectivity index (χ0) is 11.0. The molecule has 1 aromatic heterocycles. The van der Waals surface area contributed by atoms with Crippen LogP contribution in [0.5, 0.6) is 0 Å². The summed E-state index contributed by atoms with van der Waals surface area (Å²) in [6.45, 7) is 1.82. The Morgan fingerprint density at radius 1 is 1.47 bits per heavy atom. The van der Waals surface area contributed by atoms with E-state index in [1.807, 2.05) is 13.0 Å². The lowest BCUT2D eigenvalue weighted by molar-refractivity contribution is 1.33. The van der Waals surface area contributed by atoms with Crippen LogP contribution in [0.3, 0.4) is 0 Å². The van der Waals surface area contributed by atoms with E-state index in [0.29, 0.717) is 15.9 Å². The molecule has 0 saturated carbocycles. The second-order valence-electron chi connectivity index (χ2n) is 3.29. The molecule has 0 bridgehead atoms. The van der Waals surface area contributed by atoms with Crippen molar-refractivity contribution in [2.24, 2.45) is 0 Å². The van der Waals surface area contributed by atoms with Crippen LogP contribution >= 0.6 is 11.6 Å². The molecule has 1 N–H and O–H groups in total. The lowest BCUT2D eigenvalue weighted by atomic mass is 10.1. The van der Waals surface area contributed by atoms with Gasteiger partial charge in [0.1, 0.15) is 11.6 Å². The van der Waals surface area contributed by atoms with Crippen LogP contribution in [0.4, 0.5) is 0 Å². The Hall–Kier alpha value is -1.79. The third-order valence-corrected chi connectivity index (χ3v) is 2.69. The quantitative estimate of drug-likeness (QED) is 0.738. The van der Waals surface area contributed by atoms with Crippen molar-refractivity contribution >= 4 is 22.5 Å². The van der Waals surface area contributed by atoms with E-state index in [2.05, 4.69) is 4.98 Å². The highest BCUT2D eigenvalue weighted by atomic mass is 35.5. The highest BCUT2D eigenvalue weighted by molar-refractivity contribution is 6.32. The number of benzene rings is 1. The van der Waals surface area contributed by atoms with Gasteiger partial charge < -0.3 is 4.98 Å². The first-order valence-electron chi connectivity index (χ1n) is 4.35. The lowest BCUT2D eigenvalue weighted by Crippen LogP contribution is -2.07. The summed E-state index contributed by atoms with van der Waals surface area (Å²) in [4.78, 5) is 14.6. The summed E-state index contributed by atoms with van der Waals surface area (Å²) in [6.07, 6.45) is 1.40. The maximum atomic E-state index is 11.7. The van der Waals surface area contributed by atoms with Gasteiger partial charge in [0.05, 0.1) is 5.52 Å². The summed E-state index contributed by atoms with van der Waals surface area (Å²) in [7, 11) is 0. The topological polar surface area (TPSA) is 56.6 Å². The van der Waals surface area contributed by atoms with Gasteiger partial charge in [0.15, 0.2) is 0 Å². The van der Waals surface area contributed by atoms with Gasteiger partial charge in [0, 0.05) is 16.6 Å². The fourth-order valence-corrected chi connectivity index (χ4v) is 1.60. The van der Waals surface area contributed by atoms with Crippen molar-refractivity contribution in [3.05, 3.63) is 44.7 Å². The number of H-pyrrole nitrogens is 1. The number of nitriles is 1. The molecule has 4 heteroatoms. The zero-order valence-electron chi connectivity index (χ0n) is 7.97. The Morgan fingerprint density at radius 2 is 2.20 bits per heavy atom. The van der Waals surface area contributed by atoms with Crippen LogP contribution < -0.4 is 5.43 Å². The standard InChI is InChI=1S/C11H7ClN2O/c1-6-2-8-10(3-9(6)12)14-5-7(4-13)11(8)15/h2-3,5H,1H3,(H,14,15). The number of nitrogens with zero attached hydrogens (tertiary/aromatic N) is 1. The monoisotopic (exact) mass is 218 g/mol. The molecule has 0 saturated heterocycles. The van der Waals surface area contributed by atoms with Crippen LogP contribution in [0.1, 0.15) is 11.1 Å². The number of halogens is 1. The average Bonchev–Trinajstić information content (AvgIpc) is 2.22. The predicted octanol–water partition coefficient (Wildman–Crippen LogP) is 2.36. The first-order valence-corrected chi connectivity index (χ1v) is 4.73. The molecule has 2 rings (SSSR count). The summed E-state index contributed by atoms with van der Waals surface area (Å²) < 4.78 is 0. The highest BCUT2D eigenvalue weighted by Crippen LogP contribution is 2.20. The van der Waals surface area contributed by atoms with Gasteiger partial charge in [-0.2, -0.15) is 5.26 Å². The first-order chi connectivity index (χ1) is 7.13. The molecule has 3 nitrogen and oxygen atoms in total. The first kappa shape index (κ1) is 9.75. The number of hydrogen-bond acceptors (Lipinski definition) is 2. The molecule has 0 aliphatic rings. The fourth-order valence-electron chi connectivity index (χ4n) is 1.43. The van der Waals surface area contributed by atoms with E-state index in [4.69, 9.17) is 16.9 Å². The minimum absolute atomic E-state index is 0.115. The molecule has 1 heterocycles. The van der Waals surface area contributed by atoms with Gasteiger partial charge in [0.2, 0.25) is 5.43 Å². The molecule has 0 fully saturated rings. The van der Waals surface area contributed by atoms with E-state index in [1.54, 1.807) is 12.1 Å². The molecule has 0 amide bonds. The van der Waals surface area contributed by atoms with Crippen molar-refractivity contribution in [2.45, 2.75) is 6.92 Å². The van der Waals surface area contributed by atoms with Gasteiger partial charge in [-0.15, -0.1) is 0 Å². The van der Waals surface area contributed by atoms with Crippen molar-refractivity contribution < 1.29 is 0 Å². The molecule has 74 valence electrons. The van der Waals surface area contributed by atoms with Crippen LogP contribution in [0.2, 0.25) is 5.02 Å². The van der Waals surface area contributed by atoms with Crippen LogP contribution in [-0.2, 0) is 0 Å². The van der Waals surface area contributed by atoms with Gasteiger partial charge in [-0.1, -0.05) is 11.6 Å². The highest BCUT2D eigenvalue weighted by Gasteiger charge is 2.06. The molecule has 0 atom stereocenters. The Morgan fingerprint density at radius 3 is 2.87 bits per heavy atom. The van der Waals surface area contributed by atoms with Crippen molar-refractivity contribution in [1.82, 2.24) is 4.98 Å². The molecular weight excluding hydrogens is 212 g/mol. The van der Waals surface area contributed by atoms with Crippen LogP contribution in [0.15, 0.2) is 23.1 Å². The van der Waals surface area contributed by atoms with E-state index < -0.39 is 0 Å². The molecule has 2 aromatic rings. The number of pyridine rings is 1. The number of aryl methyl sites for hydroxylation is 1. The Labute approximate surface area is 90.9 Å². The zero-order valence-corrected chi connectivity index (χ0v) is 8.72. The minimum Gasteiger partial charge on any atom is -0.360 e. The normalized spacial score (nSPS) is 10.2. The Bertz CT molecular complexity index is 637. The molecule has 0 aliphatic heterocycles. The largest absolute Gasteiger partial charge is 0.360 e. The van der Waals surface area contributed by atoms with Crippen molar-refractivity contribution in [2.75, 3.05) is 0 Å². The van der Waals surface area contributed by atoms with Gasteiger partial charge in [-0.3, -0.25) is 4.79 Å². The smallest absolute Gasteiger partial charge is 0.207 e. The van der Waals surface area contributed by atoms with Gasteiger partial charge in [0.25, 0.3) is 0 Å². The van der Waals surface area contributed by atoms with Gasteiger partial charge >= 0.3 is 0 Å². The van der Waals surface area contributed by atoms with E-state index in [0.717, 1.165) is 5.56 Å². The average molecular weight is 219 g/mol. The van der Waals surface area contributed by atoms with E-state index in [-0.39, 0.29) is 11.0 Å². The lowest BCUT2D eigenvalue weighted by Gasteiger charge is -2.01. The summed E-state index contributed by atoms with van der Waals surface area (Å²) in [5.74, 6) is 0.